The smallest absolute Gasteiger partial charge is 0.0804 e. The summed E-state index contributed by atoms with van der Waals surface area (Å²) >= 11 is 0. The Labute approximate surface area is 150 Å². The van der Waals surface area contributed by atoms with Gasteiger partial charge in [0.2, 0.25) is 0 Å². The fraction of sp³-hybridized carbons (Fsp3) is 0.714. The second-order valence-corrected chi connectivity index (χ2v) is 8.47. The van der Waals surface area contributed by atoms with Crippen LogP contribution in [-0.4, -0.2) is 45.3 Å². The quantitative estimate of drug-likeness (QED) is 0.629. The van der Waals surface area contributed by atoms with Gasteiger partial charge < -0.3 is 20.4 Å². The molecule has 0 saturated heterocycles. The van der Waals surface area contributed by atoms with Crippen molar-refractivity contribution in [3.05, 3.63) is 34.9 Å². The molecule has 0 aromatic carbocycles. The Kier molecular flexibility index (Phi) is 5.54. The van der Waals surface area contributed by atoms with Crippen LogP contribution in [0.3, 0.4) is 0 Å². The van der Waals surface area contributed by atoms with Gasteiger partial charge in [-0.1, -0.05) is 30.7 Å². The third-order valence-electron chi connectivity index (χ3n) is 6.83. The zero-order valence-corrected chi connectivity index (χ0v) is 15.4. The van der Waals surface area contributed by atoms with Gasteiger partial charge in [0.05, 0.1) is 24.9 Å². The number of allylic oxidation sites excluding steroid dienone is 4. The maximum atomic E-state index is 10.4. The highest BCUT2D eigenvalue weighted by Crippen LogP contribution is 2.57. The molecule has 0 aliphatic heterocycles. The van der Waals surface area contributed by atoms with Crippen LogP contribution >= 0.6 is 0 Å². The first kappa shape index (κ1) is 18.8. The van der Waals surface area contributed by atoms with E-state index in [1.807, 2.05) is 6.08 Å². The number of hydrogen-bond donors (Lipinski definition) is 4. The van der Waals surface area contributed by atoms with Crippen LogP contribution in [0.5, 0.6) is 0 Å². The standard InChI is InChI=1S/C21H32O4/c1-13-3-6-16(23)9-14(13)4-5-15-10-17(24)11-21(2)18(15)7-8-19(21)20(25)12-22/h4-5,10,16-20,22-25H,3,6-9,11-12H2,1-2H3/t16-,17-,18-,19+,20+,21-/m0/s1. The predicted molar refractivity (Wildman–Crippen MR) is 97.8 cm³/mol. The molecule has 0 amide bonds. The van der Waals surface area contributed by atoms with Crippen LogP contribution in [0.1, 0.15) is 52.4 Å². The van der Waals surface area contributed by atoms with Gasteiger partial charge >= 0.3 is 0 Å². The summed E-state index contributed by atoms with van der Waals surface area (Å²) in [5.74, 6) is 0.319. The van der Waals surface area contributed by atoms with E-state index in [0.29, 0.717) is 18.8 Å². The Hall–Kier alpha value is -0.940. The molecule has 4 heteroatoms. The van der Waals surface area contributed by atoms with Gasteiger partial charge in [-0.25, -0.2) is 0 Å². The van der Waals surface area contributed by atoms with Crippen LogP contribution in [0.15, 0.2) is 34.9 Å². The summed E-state index contributed by atoms with van der Waals surface area (Å²) in [7, 11) is 0. The maximum absolute atomic E-state index is 10.4. The van der Waals surface area contributed by atoms with Crippen molar-refractivity contribution in [3.63, 3.8) is 0 Å². The van der Waals surface area contributed by atoms with Crippen LogP contribution in [0, 0.1) is 17.3 Å². The zero-order chi connectivity index (χ0) is 18.2. The molecule has 1 fully saturated rings. The van der Waals surface area contributed by atoms with Gasteiger partial charge in [-0.15, -0.1) is 0 Å². The summed E-state index contributed by atoms with van der Waals surface area (Å²) in [6.07, 6.45) is 9.64. The van der Waals surface area contributed by atoms with E-state index in [-0.39, 0.29) is 24.0 Å². The van der Waals surface area contributed by atoms with Crippen LogP contribution < -0.4 is 0 Å². The first-order valence-electron chi connectivity index (χ1n) is 9.58. The number of aliphatic hydroxyl groups excluding tert-OH is 4. The van der Waals surface area contributed by atoms with E-state index in [4.69, 9.17) is 0 Å². The van der Waals surface area contributed by atoms with Gasteiger partial charge in [-0.2, -0.15) is 0 Å². The highest BCUT2D eigenvalue weighted by atomic mass is 16.3. The fourth-order valence-corrected chi connectivity index (χ4v) is 5.36. The SMILES string of the molecule is CC1=C(C=CC2=C[C@H](O)C[C@]3(C)[C@@H]([C@H](O)CO)CC[C@@H]23)C[C@@H](O)CC1. The number of aliphatic hydroxyl groups is 4. The largest absolute Gasteiger partial charge is 0.394 e. The Bertz CT molecular complexity index is 591. The fourth-order valence-electron chi connectivity index (χ4n) is 5.36. The van der Waals surface area contributed by atoms with Crippen molar-refractivity contribution in [2.75, 3.05) is 6.61 Å². The summed E-state index contributed by atoms with van der Waals surface area (Å²) in [6, 6.07) is 0. The Morgan fingerprint density at radius 3 is 2.72 bits per heavy atom. The number of rotatable bonds is 4. The highest BCUT2D eigenvalue weighted by molar-refractivity contribution is 5.37. The van der Waals surface area contributed by atoms with E-state index < -0.39 is 12.2 Å². The minimum Gasteiger partial charge on any atom is -0.394 e. The normalized spacial score (nSPS) is 40.3. The van der Waals surface area contributed by atoms with E-state index in [1.165, 1.54) is 11.1 Å². The molecule has 4 nitrogen and oxygen atoms in total. The molecule has 0 radical (unpaired) electrons. The van der Waals surface area contributed by atoms with Crippen LogP contribution in [0.25, 0.3) is 0 Å². The minimum absolute atomic E-state index is 0.0201. The summed E-state index contributed by atoms with van der Waals surface area (Å²) in [4.78, 5) is 0. The Morgan fingerprint density at radius 2 is 2.00 bits per heavy atom. The lowest BCUT2D eigenvalue weighted by molar-refractivity contribution is -0.0237. The van der Waals surface area contributed by atoms with Crippen molar-refractivity contribution in [1.82, 2.24) is 0 Å². The topological polar surface area (TPSA) is 80.9 Å². The minimum atomic E-state index is -0.719. The van der Waals surface area contributed by atoms with E-state index in [9.17, 15) is 20.4 Å². The van der Waals surface area contributed by atoms with E-state index >= 15 is 0 Å². The molecule has 0 spiro atoms. The van der Waals surface area contributed by atoms with Crippen molar-refractivity contribution >= 4 is 0 Å². The van der Waals surface area contributed by atoms with Crippen molar-refractivity contribution in [2.45, 2.75) is 70.7 Å². The number of hydrogen-bond acceptors (Lipinski definition) is 4. The van der Waals surface area contributed by atoms with Crippen LogP contribution in [0.2, 0.25) is 0 Å². The van der Waals surface area contributed by atoms with E-state index in [0.717, 1.165) is 31.3 Å². The van der Waals surface area contributed by atoms with Gasteiger partial charge in [0.15, 0.2) is 0 Å². The molecule has 3 aliphatic carbocycles. The summed E-state index contributed by atoms with van der Waals surface area (Å²) in [6.45, 7) is 4.05. The van der Waals surface area contributed by atoms with Crippen LogP contribution in [0.4, 0.5) is 0 Å². The molecule has 0 aromatic rings. The maximum Gasteiger partial charge on any atom is 0.0804 e. The lowest BCUT2D eigenvalue weighted by atomic mass is 9.63. The van der Waals surface area contributed by atoms with Gasteiger partial charge in [0, 0.05) is 0 Å². The molecule has 3 aliphatic rings. The van der Waals surface area contributed by atoms with E-state index in [2.05, 4.69) is 26.0 Å². The molecule has 3 rings (SSSR count). The summed E-state index contributed by atoms with van der Waals surface area (Å²) < 4.78 is 0. The average molecular weight is 348 g/mol. The van der Waals surface area contributed by atoms with Crippen molar-refractivity contribution in [1.29, 1.82) is 0 Å². The molecule has 0 heterocycles. The zero-order valence-electron chi connectivity index (χ0n) is 15.4. The first-order valence-corrected chi connectivity index (χ1v) is 9.58. The molecule has 4 N–H and O–H groups in total. The van der Waals surface area contributed by atoms with Gasteiger partial charge in [-0.3, -0.25) is 0 Å². The number of fused-ring (bicyclic) bond motifs is 1. The molecule has 6 atom stereocenters. The molecule has 0 unspecified atom stereocenters. The second-order valence-electron chi connectivity index (χ2n) is 8.47. The van der Waals surface area contributed by atoms with Gasteiger partial charge in [0.25, 0.3) is 0 Å². The molecule has 0 bridgehead atoms. The van der Waals surface area contributed by atoms with Crippen LogP contribution in [-0.2, 0) is 0 Å². The lowest BCUT2D eigenvalue weighted by Gasteiger charge is -2.43. The van der Waals surface area contributed by atoms with Crippen molar-refractivity contribution in [3.8, 4) is 0 Å². The third kappa shape index (κ3) is 3.63. The second kappa shape index (κ2) is 7.36. The molecular formula is C21H32O4. The van der Waals surface area contributed by atoms with Crippen molar-refractivity contribution in [2.24, 2.45) is 17.3 Å². The lowest BCUT2D eigenvalue weighted by Crippen LogP contribution is -2.42. The predicted octanol–water partition coefficient (Wildman–Crippen LogP) is 2.48. The van der Waals surface area contributed by atoms with Crippen molar-refractivity contribution < 1.29 is 20.4 Å². The molecule has 25 heavy (non-hydrogen) atoms. The third-order valence-corrected chi connectivity index (χ3v) is 6.83. The molecule has 140 valence electrons. The summed E-state index contributed by atoms with van der Waals surface area (Å²) in [5.41, 5.74) is 3.48. The Morgan fingerprint density at radius 1 is 1.24 bits per heavy atom. The molecule has 1 saturated carbocycles. The molecule has 0 aromatic heterocycles. The average Bonchev–Trinajstić information content (AvgIpc) is 2.91. The van der Waals surface area contributed by atoms with Gasteiger partial charge in [-0.05, 0) is 73.8 Å². The Balaban J connectivity index is 1.84. The molecular weight excluding hydrogens is 316 g/mol. The van der Waals surface area contributed by atoms with E-state index in [1.54, 1.807) is 0 Å². The monoisotopic (exact) mass is 348 g/mol. The van der Waals surface area contributed by atoms with Gasteiger partial charge in [0.1, 0.15) is 0 Å². The summed E-state index contributed by atoms with van der Waals surface area (Å²) in [5, 5.41) is 39.9. The first-order chi connectivity index (χ1) is 11.8. The highest BCUT2D eigenvalue weighted by Gasteiger charge is 2.52.